The summed E-state index contributed by atoms with van der Waals surface area (Å²) in [7, 11) is 0. The van der Waals surface area contributed by atoms with Gasteiger partial charge in [0, 0.05) is 33.2 Å². The first-order valence-electron chi connectivity index (χ1n) is 19.6. The maximum Gasteiger partial charge on any atom is 0.163 e. The van der Waals surface area contributed by atoms with Crippen molar-refractivity contribution in [1.82, 2.24) is 19.1 Å². The van der Waals surface area contributed by atoms with Gasteiger partial charge < -0.3 is 0 Å². The van der Waals surface area contributed by atoms with Crippen LogP contribution in [0.25, 0.3) is 88.9 Å². The van der Waals surface area contributed by atoms with Gasteiger partial charge in [-0.2, -0.15) is 0 Å². The summed E-state index contributed by atoms with van der Waals surface area (Å²) in [6, 6.07) is 70.5. The Bertz CT molecular complexity index is 3360. The van der Waals surface area contributed by atoms with E-state index in [2.05, 4.69) is 197 Å². The zero-order chi connectivity index (χ0) is 37.2. The van der Waals surface area contributed by atoms with Crippen molar-refractivity contribution in [3.63, 3.8) is 0 Å². The lowest BCUT2D eigenvalue weighted by Crippen LogP contribution is -2.26. The molecule has 1 spiro atoms. The molecular formula is C53H32N4. The molecule has 57 heavy (non-hydrogen) atoms. The Kier molecular flexibility index (Phi) is 6.07. The van der Waals surface area contributed by atoms with Crippen molar-refractivity contribution >= 4 is 43.6 Å². The van der Waals surface area contributed by atoms with Crippen LogP contribution in [0.2, 0.25) is 0 Å². The minimum absolute atomic E-state index is 0.484. The summed E-state index contributed by atoms with van der Waals surface area (Å²) in [5.41, 5.74) is 15.5. The topological polar surface area (TPSA) is 35.6 Å². The highest BCUT2D eigenvalue weighted by molar-refractivity contribution is 6.16. The Morgan fingerprint density at radius 1 is 0.351 bits per heavy atom. The molecule has 4 nitrogen and oxygen atoms in total. The van der Waals surface area contributed by atoms with E-state index in [1.54, 1.807) is 0 Å². The van der Waals surface area contributed by atoms with Gasteiger partial charge in [-0.3, -0.25) is 9.13 Å². The maximum atomic E-state index is 5.45. The highest BCUT2D eigenvalue weighted by Crippen LogP contribution is 2.64. The lowest BCUT2D eigenvalue weighted by molar-refractivity contribution is 0.801. The van der Waals surface area contributed by atoms with Gasteiger partial charge in [-0.25, -0.2) is 9.97 Å². The van der Waals surface area contributed by atoms with E-state index in [1.807, 2.05) is 6.07 Å². The van der Waals surface area contributed by atoms with Crippen LogP contribution in [0.5, 0.6) is 0 Å². The second-order valence-corrected chi connectivity index (χ2v) is 15.3. The van der Waals surface area contributed by atoms with Crippen LogP contribution in [-0.2, 0) is 5.41 Å². The van der Waals surface area contributed by atoms with E-state index >= 15 is 0 Å². The molecule has 13 rings (SSSR count). The molecule has 264 valence electrons. The van der Waals surface area contributed by atoms with E-state index in [-0.39, 0.29) is 0 Å². The Morgan fingerprint density at radius 2 is 0.789 bits per heavy atom. The predicted molar refractivity (Wildman–Crippen MR) is 232 cm³/mol. The molecule has 0 saturated carbocycles. The third kappa shape index (κ3) is 3.91. The van der Waals surface area contributed by atoms with E-state index < -0.39 is 5.41 Å². The van der Waals surface area contributed by atoms with Gasteiger partial charge in [0.15, 0.2) is 5.82 Å². The lowest BCUT2D eigenvalue weighted by Gasteiger charge is -2.31. The number of fused-ring (bicyclic) bond motifs is 17. The molecule has 8 aromatic carbocycles. The first kappa shape index (κ1) is 30.7. The Morgan fingerprint density at radius 3 is 1.37 bits per heavy atom. The summed E-state index contributed by atoms with van der Waals surface area (Å²) in [4.78, 5) is 10.8. The summed E-state index contributed by atoms with van der Waals surface area (Å²) in [6.07, 6.45) is 0. The van der Waals surface area contributed by atoms with Crippen molar-refractivity contribution in [2.45, 2.75) is 5.41 Å². The average molecular weight is 725 g/mol. The number of benzene rings is 8. The molecule has 3 aromatic heterocycles. The van der Waals surface area contributed by atoms with Crippen LogP contribution in [0, 0.1) is 0 Å². The molecule has 0 radical (unpaired) electrons. The second-order valence-electron chi connectivity index (χ2n) is 15.3. The zero-order valence-electron chi connectivity index (χ0n) is 30.8. The van der Waals surface area contributed by atoms with Gasteiger partial charge in [-0.15, -0.1) is 0 Å². The molecule has 0 amide bonds. The molecule has 0 N–H and O–H groups in total. The van der Waals surface area contributed by atoms with Crippen molar-refractivity contribution in [2.24, 2.45) is 0 Å². The molecule has 0 saturated heterocycles. The smallest absolute Gasteiger partial charge is 0.163 e. The average Bonchev–Trinajstić information content (AvgIpc) is 3.99. The number of rotatable bonds is 3. The van der Waals surface area contributed by atoms with Gasteiger partial charge in [-0.05, 0) is 68.8 Å². The first-order chi connectivity index (χ1) is 28.3. The van der Waals surface area contributed by atoms with E-state index in [4.69, 9.17) is 9.97 Å². The van der Waals surface area contributed by atoms with Crippen molar-refractivity contribution in [2.75, 3.05) is 0 Å². The number of hydrogen-bond donors (Lipinski definition) is 0. The molecule has 0 fully saturated rings. The summed E-state index contributed by atoms with van der Waals surface area (Å²) in [5.74, 6) is 2.33. The second kappa shape index (κ2) is 11.2. The van der Waals surface area contributed by atoms with Gasteiger partial charge in [0.2, 0.25) is 0 Å². The first-order valence-corrected chi connectivity index (χ1v) is 19.6. The minimum Gasteiger partial charge on any atom is -0.294 e. The van der Waals surface area contributed by atoms with Gasteiger partial charge in [0.25, 0.3) is 0 Å². The van der Waals surface area contributed by atoms with E-state index in [1.165, 1.54) is 66.1 Å². The van der Waals surface area contributed by atoms with E-state index in [0.29, 0.717) is 5.82 Å². The molecule has 0 bridgehead atoms. The number of nitrogens with zero attached hydrogens (tertiary/aromatic N) is 4. The number of hydrogen-bond acceptors (Lipinski definition) is 2. The summed E-state index contributed by atoms with van der Waals surface area (Å²) >= 11 is 0. The van der Waals surface area contributed by atoms with Crippen LogP contribution in [-0.4, -0.2) is 19.1 Å². The van der Waals surface area contributed by atoms with Crippen LogP contribution in [0.1, 0.15) is 22.3 Å². The van der Waals surface area contributed by atoms with Gasteiger partial charge in [-0.1, -0.05) is 164 Å². The fourth-order valence-electron chi connectivity index (χ4n) is 10.4. The fraction of sp³-hybridized carbons (Fsp3) is 0.0189. The largest absolute Gasteiger partial charge is 0.294 e. The highest BCUT2D eigenvalue weighted by Gasteiger charge is 2.52. The fourth-order valence-corrected chi connectivity index (χ4v) is 10.4. The van der Waals surface area contributed by atoms with Crippen LogP contribution < -0.4 is 0 Å². The summed E-state index contributed by atoms with van der Waals surface area (Å²) in [5, 5.41) is 4.86. The van der Waals surface area contributed by atoms with Crippen molar-refractivity contribution in [3.05, 3.63) is 216 Å². The summed E-state index contributed by atoms with van der Waals surface area (Å²) in [6.45, 7) is 0. The molecule has 0 aliphatic heterocycles. The van der Waals surface area contributed by atoms with Gasteiger partial charge >= 0.3 is 0 Å². The standard InChI is InChI=1S/C53H32N4/c1-2-16-33(17-3-1)52-54-48(56-44-27-13-7-21-37(44)38-22-8-14-28-45(38)56)32-49(55-52)57-46-29-15-9-23-40(46)50-47(57)31-30-39-36-20-6-12-26-43(36)53(51(39)50)41-24-10-4-18-34(41)35-19-5-11-25-42(35)53/h1-32H. The monoisotopic (exact) mass is 724 g/mol. The lowest BCUT2D eigenvalue weighted by atomic mass is 9.69. The van der Waals surface area contributed by atoms with Gasteiger partial charge in [0.05, 0.1) is 27.5 Å². The summed E-state index contributed by atoms with van der Waals surface area (Å²) < 4.78 is 4.67. The highest BCUT2D eigenvalue weighted by atomic mass is 15.1. The van der Waals surface area contributed by atoms with E-state index in [0.717, 1.165) is 39.3 Å². The normalized spacial score (nSPS) is 13.4. The SMILES string of the molecule is c1ccc(-c2nc(-n3c4ccccc4c4ccccc43)cc(-n3c4ccccc4c4c5c(ccc43)-c3ccccc3C53c4ccccc4-c4ccccc43)n2)cc1. The minimum atomic E-state index is -0.484. The predicted octanol–water partition coefficient (Wildman–Crippen LogP) is 12.7. The van der Waals surface area contributed by atoms with Crippen LogP contribution in [0.15, 0.2) is 194 Å². The maximum absolute atomic E-state index is 5.45. The Hall–Kier alpha value is -7.56. The van der Waals surface area contributed by atoms with Crippen LogP contribution >= 0.6 is 0 Å². The van der Waals surface area contributed by atoms with E-state index in [9.17, 15) is 0 Å². The molecule has 11 aromatic rings. The zero-order valence-corrected chi connectivity index (χ0v) is 30.8. The van der Waals surface area contributed by atoms with Crippen LogP contribution in [0.3, 0.4) is 0 Å². The third-order valence-corrected chi connectivity index (χ3v) is 12.6. The van der Waals surface area contributed by atoms with Crippen LogP contribution in [0.4, 0.5) is 0 Å². The molecule has 3 heterocycles. The van der Waals surface area contributed by atoms with Gasteiger partial charge in [0.1, 0.15) is 11.6 Å². The quantitative estimate of drug-likeness (QED) is 0.182. The van der Waals surface area contributed by atoms with Crippen molar-refractivity contribution < 1.29 is 0 Å². The van der Waals surface area contributed by atoms with Crippen molar-refractivity contribution in [3.8, 4) is 45.3 Å². The molecule has 0 unspecified atom stereocenters. The molecular weight excluding hydrogens is 693 g/mol. The molecule has 2 aliphatic rings. The molecule has 2 aliphatic carbocycles. The third-order valence-electron chi connectivity index (χ3n) is 12.6. The molecule has 0 atom stereocenters. The Balaban J connectivity index is 1.17. The Labute approximate surface area is 328 Å². The molecule has 4 heteroatoms. The number of aromatic nitrogens is 4. The van der Waals surface area contributed by atoms with Crippen molar-refractivity contribution in [1.29, 1.82) is 0 Å². The number of para-hydroxylation sites is 3.